The van der Waals surface area contributed by atoms with Crippen LogP contribution in [0.2, 0.25) is 0 Å². The van der Waals surface area contributed by atoms with Crippen molar-refractivity contribution >= 4 is 100 Å². The lowest BCUT2D eigenvalue weighted by Gasteiger charge is -2.52. The van der Waals surface area contributed by atoms with Crippen molar-refractivity contribution in [2.75, 3.05) is 14.7 Å². The fraction of sp³-hybridized carbons (Fsp3) is 0.432. The summed E-state index contributed by atoms with van der Waals surface area (Å²) in [5.41, 5.74) is 25.7. The zero-order chi connectivity index (χ0) is 54.9. The van der Waals surface area contributed by atoms with Crippen LogP contribution in [0.25, 0.3) is 20.2 Å². The highest BCUT2D eigenvalue weighted by Gasteiger charge is 2.58. The Hall–Kier alpha value is -5.78. The van der Waals surface area contributed by atoms with Crippen LogP contribution in [0, 0.1) is 0 Å². The zero-order valence-electron chi connectivity index (χ0n) is 49.9. The standard InChI is InChI=1S/C74H82BN3S/c1-67(2)31-32-68(3,4)52-37-45(26-28-50(52)67)76-60-43-55-53(69(5,6)33-35-71(55,9)10)41-57(60)75-58-42-54-56(72(11,12)36-34-70(54,7)8)44-61(58)77(46-25-27-49-48-21-15-18-24-64(48)79-65(49)40-46)63-39-47(38-62(76)66(63)75)78-59-23-17-16-22-51(59)73(13)29-19-20-30-74(73,78)14/h15-18,21-28,37-44H,19-20,29-36H2,1-14H3. The first kappa shape index (κ1) is 50.2. The Bertz CT molecular complexity index is 3960. The van der Waals surface area contributed by atoms with E-state index >= 15 is 0 Å². The highest BCUT2D eigenvalue weighted by molar-refractivity contribution is 7.25. The van der Waals surface area contributed by atoms with Gasteiger partial charge in [-0.2, -0.15) is 0 Å². The van der Waals surface area contributed by atoms with Gasteiger partial charge in [0.25, 0.3) is 6.71 Å². The normalized spacial score (nSPS) is 24.7. The Labute approximate surface area is 476 Å². The molecule has 402 valence electrons. The Kier molecular flexibility index (Phi) is 10.2. The predicted octanol–water partition coefficient (Wildman–Crippen LogP) is 18.9. The molecule has 0 spiro atoms. The lowest BCUT2D eigenvalue weighted by molar-refractivity contribution is 0.195. The van der Waals surface area contributed by atoms with Crippen LogP contribution in [-0.2, 0) is 37.9 Å². The molecule has 79 heavy (non-hydrogen) atoms. The minimum atomic E-state index is -0.120. The molecule has 3 nitrogen and oxygen atoms in total. The van der Waals surface area contributed by atoms with Gasteiger partial charge in [-0.1, -0.05) is 164 Å². The fourth-order valence-corrected chi connectivity index (χ4v) is 18.6. The first-order chi connectivity index (χ1) is 37.3. The largest absolute Gasteiger partial charge is 0.334 e. The second-order valence-electron chi connectivity index (χ2n) is 30.4. The quantitative estimate of drug-likeness (QED) is 0.163. The van der Waals surface area contributed by atoms with Crippen LogP contribution in [0.3, 0.4) is 0 Å². The van der Waals surface area contributed by atoms with Gasteiger partial charge < -0.3 is 14.7 Å². The second kappa shape index (κ2) is 16.0. The zero-order valence-corrected chi connectivity index (χ0v) is 50.8. The van der Waals surface area contributed by atoms with E-state index in [1.165, 1.54) is 179 Å². The molecule has 4 heterocycles. The minimum absolute atomic E-state index is 0.00801. The number of anilines is 8. The van der Waals surface area contributed by atoms with E-state index in [2.05, 4.69) is 233 Å². The van der Waals surface area contributed by atoms with Crippen LogP contribution < -0.4 is 31.1 Å². The monoisotopic (exact) mass is 1060 g/mol. The first-order valence-electron chi connectivity index (χ1n) is 30.5. The summed E-state index contributed by atoms with van der Waals surface area (Å²) in [6.45, 7) is 35.4. The Morgan fingerprint density at radius 3 is 1.42 bits per heavy atom. The molecule has 5 heteroatoms. The molecule has 3 aliphatic heterocycles. The summed E-state index contributed by atoms with van der Waals surface area (Å²) in [5, 5.41) is 2.69. The molecule has 0 radical (unpaired) electrons. The fourth-order valence-electron chi connectivity index (χ4n) is 17.5. The Morgan fingerprint density at radius 1 is 0.354 bits per heavy atom. The van der Waals surface area contributed by atoms with Crippen LogP contribution >= 0.6 is 11.3 Å². The van der Waals surface area contributed by atoms with E-state index in [0.717, 1.165) is 6.42 Å². The molecule has 2 unspecified atom stereocenters. The summed E-state index contributed by atoms with van der Waals surface area (Å²) < 4.78 is 2.69. The number of thiophene rings is 1. The van der Waals surface area contributed by atoms with Crippen molar-refractivity contribution in [1.29, 1.82) is 0 Å². The maximum atomic E-state index is 2.86. The van der Waals surface area contributed by atoms with E-state index in [1.54, 1.807) is 0 Å². The molecule has 2 atom stereocenters. The van der Waals surface area contributed by atoms with E-state index in [1.807, 2.05) is 11.3 Å². The number of hydrogen-bond acceptors (Lipinski definition) is 4. The predicted molar refractivity (Wildman–Crippen MR) is 342 cm³/mol. The smallest absolute Gasteiger partial charge is 0.252 e. The van der Waals surface area contributed by atoms with Gasteiger partial charge in [0, 0.05) is 71.1 Å². The average molecular weight is 1060 g/mol. The molecular formula is C74H82BN3S. The molecule has 1 aromatic heterocycles. The van der Waals surface area contributed by atoms with Crippen molar-refractivity contribution in [3.63, 3.8) is 0 Å². The van der Waals surface area contributed by atoms with Crippen LogP contribution in [0.15, 0.2) is 121 Å². The third kappa shape index (κ3) is 6.78. The van der Waals surface area contributed by atoms with Gasteiger partial charge >= 0.3 is 0 Å². The van der Waals surface area contributed by atoms with Crippen molar-refractivity contribution in [2.45, 2.75) is 205 Å². The van der Waals surface area contributed by atoms with Crippen LogP contribution in [-0.4, -0.2) is 12.3 Å². The van der Waals surface area contributed by atoms with Gasteiger partial charge in [0.15, 0.2) is 0 Å². The second-order valence-corrected chi connectivity index (χ2v) is 31.5. The van der Waals surface area contributed by atoms with Crippen LogP contribution in [0.1, 0.15) is 200 Å². The molecule has 1 saturated carbocycles. The van der Waals surface area contributed by atoms with Gasteiger partial charge in [-0.05, 0) is 207 Å². The summed E-state index contributed by atoms with van der Waals surface area (Å²) >= 11 is 1.94. The SMILES string of the molecule is CC1(C)CCC(C)(C)c2cc(N3c4cc5c(cc4B4c6cc7c(cc6N(c6ccc8c(c6)sc6ccccc68)c6cc(N8c9ccccc9C9(C)CCCCC89C)cc3c64)C(C)(C)CCC7(C)C)C(C)(C)CCC5(C)C)ccc21. The third-order valence-corrected chi connectivity index (χ3v) is 24.1. The van der Waals surface area contributed by atoms with Gasteiger partial charge in [-0.25, -0.2) is 0 Å². The van der Waals surface area contributed by atoms with Gasteiger partial charge in [0.05, 0.1) is 5.54 Å². The maximum Gasteiger partial charge on any atom is 0.252 e. The molecule has 0 N–H and O–H groups in total. The van der Waals surface area contributed by atoms with Gasteiger partial charge in [0.1, 0.15) is 0 Å². The lowest BCUT2D eigenvalue weighted by atomic mass is 9.32. The third-order valence-electron chi connectivity index (χ3n) is 23.0. The number of benzene rings is 7. The summed E-state index contributed by atoms with van der Waals surface area (Å²) in [4.78, 5) is 8.44. The summed E-state index contributed by atoms with van der Waals surface area (Å²) in [7, 11) is 0. The van der Waals surface area contributed by atoms with Crippen molar-refractivity contribution in [2.24, 2.45) is 0 Å². The van der Waals surface area contributed by atoms with E-state index in [0.29, 0.717) is 0 Å². The van der Waals surface area contributed by atoms with Crippen LogP contribution in [0.5, 0.6) is 0 Å². The van der Waals surface area contributed by atoms with Crippen molar-refractivity contribution in [3.05, 3.63) is 160 Å². The van der Waals surface area contributed by atoms with Crippen molar-refractivity contribution in [3.8, 4) is 0 Å². The molecule has 0 amide bonds. The maximum absolute atomic E-state index is 2.86. The van der Waals surface area contributed by atoms with Crippen molar-refractivity contribution in [1.82, 2.24) is 0 Å². The number of nitrogens with zero attached hydrogens (tertiary/aromatic N) is 3. The Balaban J connectivity index is 1.11. The topological polar surface area (TPSA) is 9.72 Å². The van der Waals surface area contributed by atoms with Gasteiger partial charge in [-0.3, -0.25) is 0 Å². The van der Waals surface area contributed by atoms with Crippen LogP contribution in [0.4, 0.5) is 45.5 Å². The highest BCUT2D eigenvalue weighted by Crippen LogP contribution is 2.63. The molecule has 1 fully saturated rings. The first-order valence-corrected chi connectivity index (χ1v) is 31.3. The number of rotatable bonds is 3. The average Bonchev–Trinajstić information content (AvgIpc) is 4.14. The summed E-state index contributed by atoms with van der Waals surface area (Å²) in [5.74, 6) is 0. The molecule has 7 aliphatic rings. The number of fused-ring (bicyclic) bond motifs is 13. The highest BCUT2D eigenvalue weighted by atomic mass is 32.1. The summed E-state index contributed by atoms with van der Waals surface area (Å²) in [6.07, 6.45) is 11.9. The number of hydrogen-bond donors (Lipinski definition) is 0. The van der Waals surface area contributed by atoms with E-state index < -0.39 is 0 Å². The summed E-state index contributed by atoms with van der Waals surface area (Å²) in [6, 6.07) is 50.1. The molecular weight excluding hydrogens is 974 g/mol. The van der Waals surface area contributed by atoms with E-state index in [-0.39, 0.29) is 50.2 Å². The molecule has 0 saturated heterocycles. The van der Waals surface area contributed by atoms with E-state index in [9.17, 15) is 0 Å². The van der Waals surface area contributed by atoms with Crippen molar-refractivity contribution < 1.29 is 0 Å². The Morgan fingerprint density at radius 2 is 0.823 bits per heavy atom. The lowest BCUT2D eigenvalue weighted by Crippen LogP contribution is -2.62. The number of para-hydroxylation sites is 1. The van der Waals surface area contributed by atoms with Gasteiger partial charge in [-0.15, -0.1) is 11.3 Å². The van der Waals surface area contributed by atoms with Gasteiger partial charge in [0.2, 0.25) is 0 Å². The molecule has 8 aromatic rings. The molecule has 0 bridgehead atoms. The molecule has 4 aliphatic carbocycles. The molecule has 15 rings (SSSR count). The molecule has 7 aromatic carbocycles. The van der Waals surface area contributed by atoms with E-state index in [4.69, 9.17) is 0 Å². The minimum Gasteiger partial charge on any atom is -0.334 e.